The van der Waals surface area contributed by atoms with Gasteiger partial charge in [-0.3, -0.25) is 14.9 Å². The molecular weight excluding hydrogens is 490 g/mol. The molecule has 0 radical (unpaired) electrons. The Bertz CT molecular complexity index is 1260. The van der Waals surface area contributed by atoms with Crippen LogP contribution in [-0.2, 0) is 0 Å². The Balaban J connectivity index is 1.83. The molecule has 0 N–H and O–H groups in total. The Labute approximate surface area is 201 Å². The normalized spacial score (nSPS) is 11.1. The maximum absolute atomic E-state index is 12.7. The lowest BCUT2D eigenvalue weighted by Crippen LogP contribution is -2.08. The van der Waals surface area contributed by atoms with Crippen molar-refractivity contribution in [3.63, 3.8) is 0 Å². The second kappa shape index (κ2) is 11.7. The van der Waals surface area contributed by atoms with Gasteiger partial charge in [0, 0.05) is 12.1 Å². The highest BCUT2D eigenvalue weighted by Gasteiger charge is 2.19. The predicted octanol–water partition coefficient (Wildman–Crippen LogP) is 6.49. The van der Waals surface area contributed by atoms with E-state index >= 15 is 0 Å². The van der Waals surface area contributed by atoms with E-state index in [1.165, 1.54) is 25.3 Å². The van der Waals surface area contributed by atoms with Gasteiger partial charge >= 0.3 is 18.9 Å². The number of nitro benzene ring substituents is 1. The summed E-state index contributed by atoms with van der Waals surface area (Å²) in [5.41, 5.74) is -0.524. The standard InChI is InChI=1S/C24H17F4NO7/c1-33-15-4-6-16(7-5-15)34-21-11-3-14(12-19(21)29(31)32)2-10-20(30)18-9-8-17(35-23(25)26)13-22(18)36-24(27)28/h2-13,23-24H,1H3. The van der Waals surface area contributed by atoms with E-state index in [9.17, 15) is 32.5 Å². The van der Waals surface area contributed by atoms with Gasteiger partial charge in [-0.1, -0.05) is 12.1 Å². The number of allylic oxidation sites excluding steroid dienone is 1. The number of ketones is 1. The molecule has 3 rings (SSSR count). The van der Waals surface area contributed by atoms with Gasteiger partial charge in [-0.05, 0) is 54.1 Å². The van der Waals surface area contributed by atoms with Gasteiger partial charge < -0.3 is 18.9 Å². The fourth-order valence-electron chi connectivity index (χ4n) is 2.98. The number of halogens is 4. The first kappa shape index (κ1) is 26.0. The van der Waals surface area contributed by atoms with E-state index in [-0.39, 0.29) is 16.9 Å². The predicted molar refractivity (Wildman–Crippen MR) is 119 cm³/mol. The van der Waals surface area contributed by atoms with E-state index in [1.54, 1.807) is 24.3 Å². The fourth-order valence-corrected chi connectivity index (χ4v) is 2.98. The third kappa shape index (κ3) is 6.95. The zero-order valence-electron chi connectivity index (χ0n) is 18.4. The van der Waals surface area contributed by atoms with Gasteiger partial charge in [0.1, 0.15) is 23.0 Å². The number of ether oxygens (including phenoxy) is 4. The molecule has 0 aromatic heterocycles. The molecule has 0 saturated carbocycles. The maximum Gasteiger partial charge on any atom is 0.387 e. The minimum atomic E-state index is -3.33. The minimum absolute atomic E-state index is 0.0594. The molecule has 36 heavy (non-hydrogen) atoms. The van der Waals surface area contributed by atoms with Gasteiger partial charge in [0.15, 0.2) is 5.78 Å². The van der Waals surface area contributed by atoms with Crippen molar-refractivity contribution in [1.82, 2.24) is 0 Å². The van der Waals surface area contributed by atoms with E-state index in [0.717, 1.165) is 30.3 Å². The second-order valence-electron chi connectivity index (χ2n) is 6.87. The van der Waals surface area contributed by atoms with Crippen LogP contribution >= 0.6 is 0 Å². The highest BCUT2D eigenvalue weighted by Crippen LogP contribution is 2.33. The molecule has 0 saturated heterocycles. The molecule has 0 amide bonds. The molecular formula is C24H17F4NO7. The summed E-state index contributed by atoms with van der Waals surface area (Å²) in [5, 5.41) is 11.5. The van der Waals surface area contributed by atoms with Crippen molar-refractivity contribution in [2.45, 2.75) is 13.2 Å². The van der Waals surface area contributed by atoms with Crippen LogP contribution in [0, 0.1) is 10.1 Å². The summed E-state index contributed by atoms with van der Waals surface area (Å²) < 4.78 is 69.3. The zero-order chi connectivity index (χ0) is 26.2. The largest absolute Gasteiger partial charge is 0.497 e. The zero-order valence-corrected chi connectivity index (χ0v) is 18.4. The number of alkyl halides is 4. The Morgan fingerprint density at radius 1 is 0.861 bits per heavy atom. The molecule has 12 heteroatoms. The molecule has 188 valence electrons. The number of benzene rings is 3. The summed E-state index contributed by atoms with van der Waals surface area (Å²) in [7, 11) is 1.49. The van der Waals surface area contributed by atoms with E-state index in [0.29, 0.717) is 11.5 Å². The summed E-state index contributed by atoms with van der Waals surface area (Å²) in [6.07, 6.45) is 2.17. The van der Waals surface area contributed by atoms with Crippen LogP contribution in [0.2, 0.25) is 0 Å². The van der Waals surface area contributed by atoms with Crippen molar-refractivity contribution in [3.8, 4) is 28.7 Å². The van der Waals surface area contributed by atoms with Crippen molar-refractivity contribution in [2.24, 2.45) is 0 Å². The molecule has 0 bridgehead atoms. The van der Waals surface area contributed by atoms with Gasteiger partial charge in [-0.15, -0.1) is 0 Å². The van der Waals surface area contributed by atoms with Crippen molar-refractivity contribution in [2.75, 3.05) is 7.11 Å². The van der Waals surface area contributed by atoms with Crippen LogP contribution in [0.15, 0.2) is 66.7 Å². The Kier molecular flexibility index (Phi) is 8.44. The molecule has 3 aromatic rings. The summed E-state index contributed by atoms with van der Waals surface area (Å²) in [4.78, 5) is 23.4. The Morgan fingerprint density at radius 2 is 1.50 bits per heavy atom. The lowest BCUT2D eigenvalue weighted by Gasteiger charge is -2.11. The molecule has 8 nitrogen and oxygen atoms in total. The van der Waals surface area contributed by atoms with Crippen LogP contribution in [0.25, 0.3) is 6.08 Å². The fraction of sp³-hybridized carbons (Fsp3) is 0.125. The molecule has 3 aromatic carbocycles. The summed E-state index contributed by atoms with van der Waals surface area (Å²) in [6.45, 7) is -6.54. The average molecular weight is 507 g/mol. The van der Waals surface area contributed by atoms with E-state index in [2.05, 4.69) is 9.47 Å². The van der Waals surface area contributed by atoms with Gasteiger partial charge in [0.2, 0.25) is 5.75 Å². The van der Waals surface area contributed by atoms with E-state index in [4.69, 9.17) is 9.47 Å². The highest BCUT2D eigenvalue weighted by atomic mass is 19.3. The van der Waals surface area contributed by atoms with Crippen LogP contribution in [-0.4, -0.2) is 31.0 Å². The third-order valence-corrected chi connectivity index (χ3v) is 4.55. The number of methoxy groups -OCH3 is 1. The van der Waals surface area contributed by atoms with E-state index < -0.39 is 41.1 Å². The quantitative estimate of drug-likeness (QED) is 0.0962. The SMILES string of the molecule is COc1ccc(Oc2ccc(C=CC(=O)c3ccc(OC(F)F)cc3OC(F)F)cc2[N+](=O)[O-])cc1. The van der Waals surface area contributed by atoms with Gasteiger partial charge in [0.05, 0.1) is 17.6 Å². The minimum Gasteiger partial charge on any atom is -0.497 e. The van der Waals surface area contributed by atoms with E-state index in [1.807, 2.05) is 0 Å². The van der Waals surface area contributed by atoms with Crippen LogP contribution in [0.1, 0.15) is 15.9 Å². The number of nitro groups is 1. The molecule has 0 unspecified atom stereocenters. The first-order valence-electron chi connectivity index (χ1n) is 10.0. The lowest BCUT2D eigenvalue weighted by atomic mass is 10.1. The van der Waals surface area contributed by atoms with Crippen molar-refractivity contribution >= 4 is 17.5 Å². The highest BCUT2D eigenvalue weighted by molar-refractivity contribution is 6.08. The molecule has 0 aliphatic carbocycles. The van der Waals surface area contributed by atoms with Gasteiger partial charge in [-0.25, -0.2) is 0 Å². The lowest BCUT2D eigenvalue weighted by molar-refractivity contribution is -0.385. The Hall–Kier alpha value is -4.61. The second-order valence-corrected chi connectivity index (χ2v) is 6.87. The van der Waals surface area contributed by atoms with Crippen molar-refractivity contribution in [3.05, 3.63) is 88.0 Å². The molecule has 0 aliphatic rings. The average Bonchev–Trinajstić information content (AvgIpc) is 2.83. The molecule has 0 aliphatic heterocycles. The topological polar surface area (TPSA) is 97.1 Å². The monoisotopic (exact) mass is 507 g/mol. The smallest absolute Gasteiger partial charge is 0.387 e. The number of carbonyl (C=O) groups excluding carboxylic acids is 1. The first-order chi connectivity index (χ1) is 17.2. The Morgan fingerprint density at radius 3 is 2.11 bits per heavy atom. The molecule has 0 heterocycles. The first-order valence-corrected chi connectivity index (χ1v) is 10.0. The summed E-state index contributed by atoms with van der Waals surface area (Å²) in [5.74, 6) is -1.15. The van der Waals surface area contributed by atoms with Crippen LogP contribution in [0.4, 0.5) is 23.2 Å². The number of hydrogen-bond donors (Lipinski definition) is 0. The third-order valence-electron chi connectivity index (χ3n) is 4.55. The van der Waals surface area contributed by atoms with Crippen LogP contribution in [0.3, 0.4) is 0 Å². The summed E-state index contributed by atoms with van der Waals surface area (Å²) in [6, 6.07) is 13.0. The van der Waals surface area contributed by atoms with Crippen molar-refractivity contribution < 1.29 is 46.2 Å². The number of hydrogen-bond acceptors (Lipinski definition) is 7. The van der Waals surface area contributed by atoms with Crippen molar-refractivity contribution in [1.29, 1.82) is 0 Å². The number of carbonyl (C=O) groups is 1. The van der Waals surface area contributed by atoms with Crippen LogP contribution in [0.5, 0.6) is 28.7 Å². The number of rotatable bonds is 11. The summed E-state index contributed by atoms with van der Waals surface area (Å²) >= 11 is 0. The molecule has 0 spiro atoms. The van der Waals surface area contributed by atoms with Crippen LogP contribution < -0.4 is 18.9 Å². The van der Waals surface area contributed by atoms with Gasteiger partial charge in [0.25, 0.3) is 0 Å². The van der Waals surface area contributed by atoms with Gasteiger partial charge in [-0.2, -0.15) is 17.6 Å². The molecule has 0 fully saturated rings. The molecule has 0 atom stereocenters. The number of nitrogens with zero attached hydrogens (tertiary/aromatic N) is 1. The maximum atomic E-state index is 12.7.